The molecule has 0 spiro atoms. The van der Waals surface area contributed by atoms with Gasteiger partial charge in [-0.05, 0) is 24.6 Å². The van der Waals surface area contributed by atoms with Crippen LogP contribution >= 0.6 is 0 Å². The number of aromatic carboxylic acids is 1. The smallest absolute Gasteiger partial charge is 0.335 e. The number of hydrogen-bond donors (Lipinski definition) is 2. The third kappa shape index (κ3) is 2.49. The summed E-state index contributed by atoms with van der Waals surface area (Å²) in [4.78, 5) is 27.0. The maximum absolute atomic E-state index is 11.3. The Morgan fingerprint density at radius 1 is 1.52 bits per heavy atom. The third-order valence-electron chi connectivity index (χ3n) is 3.88. The molecule has 1 aromatic carbocycles. The van der Waals surface area contributed by atoms with Crippen LogP contribution in [-0.4, -0.2) is 32.6 Å². The van der Waals surface area contributed by atoms with Gasteiger partial charge in [0.05, 0.1) is 16.6 Å². The van der Waals surface area contributed by atoms with E-state index in [1.807, 2.05) is 11.5 Å². The van der Waals surface area contributed by atoms with Crippen LogP contribution in [0.3, 0.4) is 0 Å². The van der Waals surface area contributed by atoms with Crippen LogP contribution < -0.4 is 5.32 Å². The number of nitrogens with one attached hydrogen (secondary N) is 1. The molecule has 0 bridgehead atoms. The van der Waals surface area contributed by atoms with Crippen molar-refractivity contribution in [1.29, 1.82) is 0 Å². The van der Waals surface area contributed by atoms with Gasteiger partial charge in [0.2, 0.25) is 5.91 Å². The first kappa shape index (κ1) is 13.6. The molecular formula is C15H17N3O3. The van der Waals surface area contributed by atoms with Crippen molar-refractivity contribution in [2.75, 3.05) is 0 Å². The molecule has 6 nitrogen and oxygen atoms in total. The van der Waals surface area contributed by atoms with Crippen molar-refractivity contribution in [3.05, 3.63) is 29.6 Å². The predicted molar refractivity (Wildman–Crippen MR) is 77.2 cm³/mol. The van der Waals surface area contributed by atoms with Crippen LogP contribution in [0.2, 0.25) is 0 Å². The molecule has 1 unspecified atom stereocenters. The van der Waals surface area contributed by atoms with Gasteiger partial charge in [-0.3, -0.25) is 4.79 Å². The number of rotatable bonds is 4. The summed E-state index contributed by atoms with van der Waals surface area (Å²) < 4.78 is 2.03. The lowest BCUT2D eigenvalue weighted by atomic mass is 10.2. The average Bonchev–Trinajstić information content (AvgIpc) is 3.02. The van der Waals surface area contributed by atoms with Crippen molar-refractivity contribution in [3.8, 4) is 0 Å². The Hall–Kier alpha value is -2.37. The quantitative estimate of drug-likeness (QED) is 0.894. The molecule has 0 aliphatic carbocycles. The Labute approximate surface area is 121 Å². The molecule has 2 aromatic rings. The van der Waals surface area contributed by atoms with Crippen LogP contribution in [0.4, 0.5) is 0 Å². The lowest BCUT2D eigenvalue weighted by molar-refractivity contribution is -0.119. The van der Waals surface area contributed by atoms with E-state index < -0.39 is 5.97 Å². The van der Waals surface area contributed by atoms with Crippen molar-refractivity contribution in [2.24, 2.45) is 0 Å². The molecule has 110 valence electrons. The molecule has 1 aromatic heterocycles. The zero-order valence-electron chi connectivity index (χ0n) is 11.8. The van der Waals surface area contributed by atoms with Crippen molar-refractivity contribution >= 4 is 22.9 Å². The molecule has 1 atom stereocenters. The molecule has 2 heterocycles. The number of benzene rings is 1. The van der Waals surface area contributed by atoms with Crippen molar-refractivity contribution in [1.82, 2.24) is 14.9 Å². The SMILES string of the molecule is CCc1nc2ccc(C(=O)O)cc2n1CC1CCC(=O)N1. The van der Waals surface area contributed by atoms with Gasteiger partial charge in [0.25, 0.3) is 0 Å². The Morgan fingerprint density at radius 2 is 2.33 bits per heavy atom. The minimum atomic E-state index is -0.947. The second-order valence-corrected chi connectivity index (χ2v) is 5.30. The number of carbonyl (C=O) groups excluding carboxylic acids is 1. The van der Waals surface area contributed by atoms with Crippen molar-refractivity contribution < 1.29 is 14.7 Å². The summed E-state index contributed by atoms with van der Waals surface area (Å²) in [5.41, 5.74) is 1.86. The Balaban J connectivity index is 2.03. The zero-order chi connectivity index (χ0) is 15.0. The molecule has 3 rings (SSSR count). The molecule has 2 N–H and O–H groups in total. The fraction of sp³-hybridized carbons (Fsp3) is 0.400. The molecular weight excluding hydrogens is 270 g/mol. The summed E-state index contributed by atoms with van der Waals surface area (Å²) in [5.74, 6) is 0.0410. The number of amides is 1. The number of fused-ring (bicyclic) bond motifs is 1. The van der Waals surface area contributed by atoms with E-state index in [-0.39, 0.29) is 17.5 Å². The fourth-order valence-electron chi connectivity index (χ4n) is 2.81. The molecule has 1 aliphatic heterocycles. The first-order valence-corrected chi connectivity index (χ1v) is 7.10. The summed E-state index contributed by atoms with van der Waals surface area (Å²) in [7, 11) is 0. The molecule has 6 heteroatoms. The molecule has 1 amide bonds. The van der Waals surface area contributed by atoms with Crippen LogP contribution in [0, 0.1) is 0 Å². The summed E-state index contributed by atoms with van der Waals surface area (Å²) in [6.45, 7) is 2.65. The number of carboxylic acid groups (broad SMARTS) is 1. The highest BCUT2D eigenvalue weighted by Gasteiger charge is 2.23. The largest absolute Gasteiger partial charge is 0.478 e. The Bertz CT molecular complexity index is 720. The van der Waals surface area contributed by atoms with Crippen molar-refractivity contribution in [3.63, 3.8) is 0 Å². The van der Waals surface area contributed by atoms with E-state index in [0.717, 1.165) is 29.7 Å². The van der Waals surface area contributed by atoms with Crippen LogP contribution in [0.15, 0.2) is 18.2 Å². The molecule has 0 saturated carbocycles. The van der Waals surface area contributed by atoms with Crippen LogP contribution in [0.25, 0.3) is 11.0 Å². The van der Waals surface area contributed by atoms with Crippen molar-refractivity contribution in [2.45, 2.75) is 38.8 Å². The first-order valence-electron chi connectivity index (χ1n) is 7.10. The molecule has 21 heavy (non-hydrogen) atoms. The summed E-state index contributed by atoms with van der Waals surface area (Å²) in [6.07, 6.45) is 2.12. The predicted octanol–water partition coefficient (Wildman–Crippen LogP) is 1.58. The second kappa shape index (κ2) is 5.20. The van der Waals surface area contributed by atoms with Gasteiger partial charge in [-0.25, -0.2) is 9.78 Å². The van der Waals surface area contributed by atoms with Crippen LogP contribution in [0.5, 0.6) is 0 Å². The van der Waals surface area contributed by atoms with E-state index in [2.05, 4.69) is 10.3 Å². The van der Waals surface area contributed by atoms with E-state index in [1.165, 1.54) is 0 Å². The maximum Gasteiger partial charge on any atom is 0.335 e. The summed E-state index contributed by atoms with van der Waals surface area (Å²) in [5, 5.41) is 12.1. The summed E-state index contributed by atoms with van der Waals surface area (Å²) in [6, 6.07) is 5.05. The summed E-state index contributed by atoms with van der Waals surface area (Å²) >= 11 is 0. The van der Waals surface area contributed by atoms with E-state index in [1.54, 1.807) is 18.2 Å². The Morgan fingerprint density at radius 3 is 2.95 bits per heavy atom. The standard InChI is InChI=1S/C15H17N3O3/c1-2-13-17-11-5-3-9(15(20)21)7-12(11)18(13)8-10-4-6-14(19)16-10/h3,5,7,10H,2,4,6,8H2,1H3,(H,16,19)(H,20,21). The lowest BCUT2D eigenvalue weighted by Crippen LogP contribution is -2.30. The number of nitrogens with zero attached hydrogens (tertiary/aromatic N) is 2. The number of imidazole rings is 1. The third-order valence-corrected chi connectivity index (χ3v) is 3.88. The minimum Gasteiger partial charge on any atom is -0.478 e. The molecule has 0 radical (unpaired) electrons. The molecule has 1 fully saturated rings. The van der Waals surface area contributed by atoms with E-state index >= 15 is 0 Å². The molecule has 1 saturated heterocycles. The first-order chi connectivity index (χ1) is 10.1. The van der Waals surface area contributed by atoms with E-state index in [0.29, 0.717) is 13.0 Å². The number of hydrogen-bond acceptors (Lipinski definition) is 3. The number of aryl methyl sites for hydroxylation is 1. The normalized spacial score (nSPS) is 18.1. The monoisotopic (exact) mass is 287 g/mol. The Kier molecular flexibility index (Phi) is 3.37. The second-order valence-electron chi connectivity index (χ2n) is 5.30. The maximum atomic E-state index is 11.3. The van der Waals surface area contributed by atoms with Gasteiger partial charge in [0.15, 0.2) is 0 Å². The highest BCUT2D eigenvalue weighted by molar-refractivity contribution is 5.92. The van der Waals surface area contributed by atoms with Gasteiger partial charge in [-0.1, -0.05) is 6.92 Å². The van der Waals surface area contributed by atoms with Gasteiger partial charge in [0, 0.05) is 25.4 Å². The molecule has 1 aliphatic rings. The fourth-order valence-corrected chi connectivity index (χ4v) is 2.81. The average molecular weight is 287 g/mol. The highest BCUT2D eigenvalue weighted by Crippen LogP contribution is 2.21. The number of carbonyl (C=O) groups is 2. The van der Waals surface area contributed by atoms with Gasteiger partial charge in [-0.2, -0.15) is 0 Å². The van der Waals surface area contributed by atoms with Gasteiger partial charge >= 0.3 is 5.97 Å². The number of aromatic nitrogens is 2. The van der Waals surface area contributed by atoms with Gasteiger partial charge in [0.1, 0.15) is 5.82 Å². The topological polar surface area (TPSA) is 84.2 Å². The van der Waals surface area contributed by atoms with Gasteiger partial charge < -0.3 is 15.0 Å². The zero-order valence-corrected chi connectivity index (χ0v) is 11.8. The minimum absolute atomic E-state index is 0.0775. The van der Waals surface area contributed by atoms with E-state index in [9.17, 15) is 9.59 Å². The van der Waals surface area contributed by atoms with Crippen LogP contribution in [-0.2, 0) is 17.8 Å². The van der Waals surface area contributed by atoms with E-state index in [4.69, 9.17) is 5.11 Å². The number of carboxylic acids is 1. The van der Waals surface area contributed by atoms with Crippen LogP contribution in [0.1, 0.15) is 35.9 Å². The lowest BCUT2D eigenvalue weighted by Gasteiger charge is -2.14. The highest BCUT2D eigenvalue weighted by atomic mass is 16.4. The van der Waals surface area contributed by atoms with Gasteiger partial charge in [-0.15, -0.1) is 0 Å².